The van der Waals surface area contributed by atoms with E-state index in [0.717, 1.165) is 16.8 Å². The number of anilines is 2. The molecule has 0 aliphatic carbocycles. The number of aliphatic hydroxyl groups is 4. The van der Waals surface area contributed by atoms with Crippen molar-refractivity contribution in [2.24, 2.45) is 0 Å². The Kier molecular flexibility index (Phi) is 7.98. The number of aliphatic hydroxyl groups excluding tert-OH is 4. The van der Waals surface area contributed by atoms with Crippen LogP contribution in [-0.4, -0.2) is 75.2 Å². The topological polar surface area (TPSA) is 137 Å². The summed E-state index contributed by atoms with van der Waals surface area (Å²) in [5.41, 5.74) is 3.53. The average Bonchev–Trinajstić information content (AvgIpc) is 2.80. The van der Waals surface area contributed by atoms with Crippen molar-refractivity contribution in [3.8, 4) is 11.5 Å². The van der Waals surface area contributed by atoms with Gasteiger partial charge in [-0.1, -0.05) is 6.07 Å². The van der Waals surface area contributed by atoms with E-state index in [2.05, 4.69) is 21.4 Å². The number of aromatic nitrogens is 2. The molecule has 0 aliphatic rings. The van der Waals surface area contributed by atoms with E-state index >= 15 is 0 Å². The predicted octanol–water partition coefficient (Wildman–Crippen LogP) is 1.79. The molecule has 0 spiro atoms. The molecule has 0 saturated heterocycles. The second kappa shape index (κ2) is 10.7. The molecule has 178 valence electrons. The van der Waals surface area contributed by atoms with Gasteiger partial charge in [-0.15, -0.1) is 0 Å². The minimum atomic E-state index is -2.09. The number of fused-ring (bicyclic) bond motifs is 1. The van der Waals surface area contributed by atoms with Gasteiger partial charge < -0.3 is 35.2 Å². The standard InChI is InChI=1S/C23H28FN3O6/c1-12-4-13(2)6-14(5-12)27-23-15-7-18(32-3)19(8-17(15)25-11-26-23)33-20(10-29)22(31)21(30)16(24)9-28/h4-8,11,16,20-22,28-31H,9-10H2,1-3H3,(H,25,26,27)/t16-,20-,21+,22+/m1/s1. The Balaban J connectivity index is 1.94. The molecule has 9 nitrogen and oxygen atoms in total. The maximum atomic E-state index is 13.6. The van der Waals surface area contributed by atoms with Gasteiger partial charge >= 0.3 is 0 Å². The summed E-state index contributed by atoms with van der Waals surface area (Å²) in [5, 5.41) is 42.5. The van der Waals surface area contributed by atoms with Crippen LogP contribution in [0, 0.1) is 13.8 Å². The highest BCUT2D eigenvalue weighted by atomic mass is 19.1. The van der Waals surface area contributed by atoms with Gasteiger partial charge in [0.15, 0.2) is 23.8 Å². The second-order valence-corrected chi connectivity index (χ2v) is 7.76. The lowest BCUT2D eigenvalue weighted by Gasteiger charge is -2.28. The Morgan fingerprint density at radius 1 is 0.939 bits per heavy atom. The molecule has 0 saturated carbocycles. The third kappa shape index (κ3) is 5.66. The number of hydrogen-bond donors (Lipinski definition) is 5. The summed E-state index contributed by atoms with van der Waals surface area (Å²) in [7, 11) is 1.41. The van der Waals surface area contributed by atoms with Gasteiger partial charge in [0, 0.05) is 17.1 Å². The van der Waals surface area contributed by atoms with Gasteiger partial charge in [0.1, 0.15) is 24.4 Å². The van der Waals surface area contributed by atoms with Crippen LogP contribution in [0.25, 0.3) is 10.9 Å². The van der Waals surface area contributed by atoms with Crippen molar-refractivity contribution in [1.29, 1.82) is 0 Å². The number of ether oxygens (including phenoxy) is 2. The Morgan fingerprint density at radius 3 is 2.24 bits per heavy atom. The molecule has 33 heavy (non-hydrogen) atoms. The van der Waals surface area contributed by atoms with Gasteiger partial charge in [-0.05, 0) is 43.2 Å². The molecule has 1 heterocycles. The lowest BCUT2D eigenvalue weighted by Crippen LogP contribution is -2.48. The number of aryl methyl sites for hydroxylation is 2. The van der Waals surface area contributed by atoms with Gasteiger partial charge in [-0.2, -0.15) is 0 Å². The summed E-state index contributed by atoms with van der Waals surface area (Å²) in [4.78, 5) is 8.58. The summed E-state index contributed by atoms with van der Waals surface area (Å²) in [6, 6.07) is 9.20. The molecule has 3 aromatic rings. The number of rotatable bonds is 10. The quantitative estimate of drug-likeness (QED) is 0.306. The first-order valence-corrected chi connectivity index (χ1v) is 10.3. The van der Waals surface area contributed by atoms with Crippen molar-refractivity contribution < 1.29 is 34.3 Å². The molecule has 2 aromatic carbocycles. The first-order valence-electron chi connectivity index (χ1n) is 10.3. The van der Waals surface area contributed by atoms with Crippen molar-refractivity contribution in [2.75, 3.05) is 25.6 Å². The van der Waals surface area contributed by atoms with Crippen LogP contribution < -0.4 is 14.8 Å². The molecule has 0 radical (unpaired) electrons. The van der Waals surface area contributed by atoms with E-state index < -0.39 is 37.7 Å². The van der Waals surface area contributed by atoms with Crippen LogP contribution in [0.1, 0.15) is 11.1 Å². The normalized spacial score (nSPS) is 15.0. The average molecular weight is 461 g/mol. The van der Waals surface area contributed by atoms with Crippen LogP contribution in [0.5, 0.6) is 11.5 Å². The molecular weight excluding hydrogens is 433 g/mol. The van der Waals surface area contributed by atoms with E-state index in [0.29, 0.717) is 16.7 Å². The molecule has 0 bridgehead atoms. The summed E-state index contributed by atoms with van der Waals surface area (Å²) in [5.74, 6) is 0.901. The van der Waals surface area contributed by atoms with Crippen molar-refractivity contribution in [2.45, 2.75) is 38.3 Å². The number of methoxy groups -OCH3 is 1. The number of halogens is 1. The highest BCUT2D eigenvalue weighted by Gasteiger charge is 2.34. The molecule has 0 amide bonds. The Hall–Kier alpha value is -3.05. The largest absolute Gasteiger partial charge is 0.493 e. The third-order valence-electron chi connectivity index (χ3n) is 5.14. The van der Waals surface area contributed by atoms with E-state index in [9.17, 15) is 19.7 Å². The van der Waals surface area contributed by atoms with Crippen molar-refractivity contribution in [1.82, 2.24) is 9.97 Å². The van der Waals surface area contributed by atoms with Gasteiger partial charge in [-0.3, -0.25) is 0 Å². The number of benzene rings is 2. The maximum Gasteiger partial charge on any atom is 0.164 e. The zero-order valence-corrected chi connectivity index (χ0v) is 18.6. The monoisotopic (exact) mass is 461 g/mol. The van der Waals surface area contributed by atoms with Crippen LogP contribution in [-0.2, 0) is 0 Å². The summed E-state index contributed by atoms with van der Waals surface area (Å²) >= 11 is 0. The fourth-order valence-corrected chi connectivity index (χ4v) is 3.52. The molecular formula is C23H28FN3O6. The zero-order chi connectivity index (χ0) is 24.1. The predicted molar refractivity (Wildman–Crippen MR) is 121 cm³/mol. The number of alkyl halides is 1. The third-order valence-corrected chi connectivity index (χ3v) is 5.14. The number of nitrogens with one attached hydrogen (secondary N) is 1. The van der Waals surface area contributed by atoms with E-state index in [1.54, 1.807) is 6.07 Å². The SMILES string of the molecule is COc1cc2c(Nc3cc(C)cc(C)c3)ncnc2cc1O[C@H](CO)[C@H](O)[C@@H](O)[C@H](F)CO. The molecule has 0 fully saturated rings. The molecule has 4 atom stereocenters. The Bertz CT molecular complexity index is 1080. The zero-order valence-electron chi connectivity index (χ0n) is 18.6. The Labute approximate surface area is 190 Å². The van der Waals surface area contributed by atoms with E-state index in [4.69, 9.17) is 14.6 Å². The lowest BCUT2D eigenvalue weighted by atomic mass is 10.0. The lowest BCUT2D eigenvalue weighted by molar-refractivity contribution is -0.0981. The Morgan fingerprint density at radius 2 is 1.64 bits per heavy atom. The maximum absolute atomic E-state index is 13.6. The minimum Gasteiger partial charge on any atom is -0.493 e. The fourth-order valence-electron chi connectivity index (χ4n) is 3.52. The van der Waals surface area contributed by atoms with Crippen LogP contribution in [0.3, 0.4) is 0 Å². The van der Waals surface area contributed by atoms with Crippen molar-refractivity contribution in [3.63, 3.8) is 0 Å². The van der Waals surface area contributed by atoms with Crippen molar-refractivity contribution >= 4 is 22.4 Å². The van der Waals surface area contributed by atoms with Crippen LogP contribution in [0.2, 0.25) is 0 Å². The van der Waals surface area contributed by atoms with E-state index in [-0.39, 0.29) is 11.5 Å². The minimum absolute atomic E-state index is 0.116. The number of nitrogens with zero attached hydrogens (tertiary/aromatic N) is 2. The smallest absolute Gasteiger partial charge is 0.164 e. The van der Waals surface area contributed by atoms with Crippen LogP contribution in [0.4, 0.5) is 15.9 Å². The van der Waals surface area contributed by atoms with Gasteiger partial charge in [-0.25, -0.2) is 14.4 Å². The summed E-state index contributed by atoms with van der Waals surface area (Å²) < 4.78 is 24.6. The van der Waals surface area contributed by atoms with E-state index in [1.807, 2.05) is 26.0 Å². The molecule has 1 aromatic heterocycles. The van der Waals surface area contributed by atoms with Crippen LogP contribution >= 0.6 is 0 Å². The van der Waals surface area contributed by atoms with Gasteiger partial charge in [0.05, 0.1) is 25.8 Å². The van der Waals surface area contributed by atoms with E-state index in [1.165, 1.54) is 19.5 Å². The molecule has 0 unspecified atom stereocenters. The van der Waals surface area contributed by atoms with Crippen LogP contribution in [0.15, 0.2) is 36.7 Å². The van der Waals surface area contributed by atoms with Crippen molar-refractivity contribution in [3.05, 3.63) is 47.8 Å². The highest BCUT2D eigenvalue weighted by Crippen LogP contribution is 2.36. The first kappa shape index (κ1) is 24.6. The molecule has 5 N–H and O–H groups in total. The number of hydrogen-bond acceptors (Lipinski definition) is 9. The van der Waals surface area contributed by atoms with Gasteiger partial charge in [0.2, 0.25) is 0 Å². The first-order chi connectivity index (χ1) is 15.8. The second-order valence-electron chi connectivity index (χ2n) is 7.76. The van der Waals surface area contributed by atoms with Gasteiger partial charge in [0.25, 0.3) is 0 Å². The molecule has 10 heteroatoms. The fraction of sp³-hybridized carbons (Fsp3) is 0.391. The summed E-state index contributed by atoms with van der Waals surface area (Å²) in [6.45, 7) is 2.29. The highest BCUT2D eigenvalue weighted by molar-refractivity contribution is 5.93. The molecule has 3 rings (SSSR count). The summed E-state index contributed by atoms with van der Waals surface area (Å²) in [6.07, 6.45) is -5.85. The molecule has 0 aliphatic heterocycles.